The number of hydrogen-bond acceptors (Lipinski definition) is 23. The largest absolute Gasteiger partial charge is 0.508 e. The van der Waals surface area contributed by atoms with E-state index < -0.39 is 243 Å². The fraction of sp³-hybridized carbons (Fsp3) is 0.576. The predicted octanol–water partition coefficient (Wildman–Crippen LogP) is -9.31. The SMILES string of the molecule is CC(C)C[C@H](NC(=O)[C@H](C)NC(=O)[C@@H](N)CC(N)=O)C(=O)N[C@@H](CC(=O)O)C(=O)N[C@@H](CCC(=O)O)C(=O)N[C@@H](Cc1ccc(O)cc1)C(=O)N[C@@H](CS)C(=O)N[C@@H](CCC(=O)O)C(=O)N[C@@H](CC(=O)O)C(=O)N[C@@H](CCCCN)C(=O)N[C@@H](CC(N)=O)C(=O)N[C@@H](CCCN=C(N)N)C(N)=O. The lowest BCUT2D eigenvalue weighted by Gasteiger charge is -2.28. The van der Waals surface area contributed by atoms with Crippen molar-refractivity contribution in [2.45, 2.75) is 190 Å². The molecule has 1 rings (SSSR count). The van der Waals surface area contributed by atoms with Crippen molar-refractivity contribution >= 4 is 125 Å². The van der Waals surface area contributed by atoms with Crippen LogP contribution in [0, 0.1) is 5.92 Å². The van der Waals surface area contributed by atoms with Gasteiger partial charge in [0, 0.05) is 31.6 Å². The number of nitrogens with one attached hydrogen (secondary N) is 11. The van der Waals surface area contributed by atoms with Crippen LogP contribution in [-0.2, 0) is 92.7 Å². The van der Waals surface area contributed by atoms with Crippen LogP contribution in [-0.4, -0.2) is 229 Å². The molecule has 0 saturated heterocycles. The molecule has 12 atom stereocenters. The van der Waals surface area contributed by atoms with E-state index in [1.165, 1.54) is 31.2 Å². The van der Waals surface area contributed by atoms with Crippen LogP contribution >= 0.6 is 12.6 Å². The smallest absolute Gasteiger partial charge is 0.305 e. The third kappa shape index (κ3) is 35.7. The molecule has 0 heterocycles. The zero-order valence-electron chi connectivity index (χ0n) is 56.1. The first-order chi connectivity index (χ1) is 47.7. The molecule has 0 radical (unpaired) electrons. The molecule has 42 nitrogen and oxygen atoms in total. The van der Waals surface area contributed by atoms with Crippen LogP contribution in [0.2, 0.25) is 0 Å². The summed E-state index contributed by atoms with van der Waals surface area (Å²) in [7, 11) is 0. The Morgan fingerprint density at radius 3 is 1.21 bits per heavy atom. The number of guanidine groups is 1. The molecule has 1 aromatic rings. The second-order valence-corrected chi connectivity index (χ2v) is 24.0. The van der Waals surface area contributed by atoms with Gasteiger partial charge in [0.05, 0.1) is 31.7 Å². The van der Waals surface area contributed by atoms with E-state index in [0.29, 0.717) is 0 Å². The molecule has 0 aliphatic rings. The lowest BCUT2D eigenvalue weighted by Crippen LogP contribution is -2.61. The zero-order valence-corrected chi connectivity index (χ0v) is 57.0. The van der Waals surface area contributed by atoms with Crippen molar-refractivity contribution in [2.75, 3.05) is 18.8 Å². The topological polar surface area (TPSA) is 735 Å². The summed E-state index contributed by atoms with van der Waals surface area (Å²) in [4.78, 5) is 240. The number of primary amides is 3. The molecule has 0 bridgehead atoms. The van der Waals surface area contributed by atoms with E-state index in [2.05, 4.69) is 76.1 Å². The third-order valence-electron chi connectivity index (χ3n) is 14.5. The monoisotopic (exact) mass is 1470 g/mol. The van der Waals surface area contributed by atoms with Crippen molar-refractivity contribution in [1.29, 1.82) is 0 Å². The third-order valence-corrected chi connectivity index (χ3v) is 14.8. The summed E-state index contributed by atoms with van der Waals surface area (Å²) in [6.45, 7) is 4.52. The van der Waals surface area contributed by atoms with Gasteiger partial charge in [-0.3, -0.25) is 91.3 Å². The Balaban J connectivity index is 3.70. The highest BCUT2D eigenvalue weighted by molar-refractivity contribution is 7.80. The minimum Gasteiger partial charge on any atom is -0.508 e. The second-order valence-electron chi connectivity index (χ2n) is 23.7. The fourth-order valence-corrected chi connectivity index (χ4v) is 9.48. The first kappa shape index (κ1) is 89.0. The van der Waals surface area contributed by atoms with E-state index in [0.717, 1.165) is 0 Å². The summed E-state index contributed by atoms with van der Waals surface area (Å²) in [6.07, 6.45) is -7.90. The van der Waals surface area contributed by atoms with Crippen LogP contribution in [0.15, 0.2) is 29.3 Å². The van der Waals surface area contributed by atoms with Crippen molar-refractivity contribution < 1.29 is 112 Å². The van der Waals surface area contributed by atoms with Gasteiger partial charge in [-0.05, 0) is 88.4 Å². The Morgan fingerprint density at radius 2 is 0.794 bits per heavy atom. The Labute approximate surface area is 588 Å². The molecule has 1 aromatic carbocycles. The number of aliphatic carboxylic acids is 4. The number of rotatable bonds is 50. The molecule has 102 heavy (non-hydrogen) atoms. The highest BCUT2D eigenvalue weighted by atomic mass is 32.1. The maximum Gasteiger partial charge on any atom is 0.305 e. The summed E-state index contributed by atoms with van der Waals surface area (Å²) in [5.41, 5.74) is 38.0. The summed E-state index contributed by atoms with van der Waals surface area (Å²) in [5, 5.41) is 73.7. The van der Waals surface area contributed by atoms with E-state index in [4.69, 9.17) is 40.1 Å². The Kier molecular flexibility index (Phi) is 39.8. The maximum absolute atomic E-state index is 14.4. The van der Waals surface area contributed by atoms with Crippen molar-refractivity contribution in [1.82, 2.24) is 58.5 Å². The van der Waals surface area contributed by atoms with Crippen LogP contribution in [0.5, 0.6) is 5.75 Å². The van der Waals surface area contributed by atoms with Gasteiger partial charge < -0.3 is 124 Å². The summed E-state index contributed by atoms with van der Waals surface area (Å²) in [5.74, 6) is -24.7. The molecule has 0 unspecified atom stereocenters. The van der Waals surface area contributed by atoms with Gasteiger partial charge in [0.1, 0.15) is 72.2 Å². The maximum atomic E-state index is 14.4. The number of phenols is 1. The van der Waals surface area contributed by atoms with E-state index >= 15 is 0 Å². The molecule has 0 saturated carbocycles. The molecule has 0 aromatic heterocycles. The van der Waals surface area contributed by atoms with Crippen LogP contribution in [0.25, 0.3) is 0 Å². The number of nitrogens with two attached hydrogens (primary N) is 7. The number of phenolic OH excluding ortho intramolecular Hbond substituents is 1. The lowest BCUT2D eigenvalue weighted by molar-refractivity contribution is -0.142. The molecule has 0 aliphatic heterocycles. The number of amides is 14. The molecule has 568 valence electrons. The van der Waals surface area contributed by atoms with E-state index in [-0.39, 0.29) is 74.8 Å². The number of unbranched alkanes of at least 4 members (excludes halogenated alkanes) is 1. The van der Waals surface area contributed by atoms with Gasteiger partial charge in [0.2, 0.25) is 82.7 Å². The minimum atomic E-state index is -2.15. The van der Waals surface area contributed by atoms with Gasteiger partial charge in [-0.25, -0.2) is 0 Å². The molecule has 0 aliphatic carbocycles. The molecule has 43 heteroatoms. The molecule has 14 amide bonds. The second kappa shape index (κ2) is 45.6. The lowest BCUT2D eigenvalue weighted by atomic mass is 10.0. The highest BCUT2D eigenvalue weighted by Gasteiger charge is 2.38. The van der Waals surface area contributed by atoms with Gasteiger partial charge in [-0.1, -0.05) is 26.0 Å². The Morgan fingerprint density at radius 1 is 0.422 bits per heavy atom. The number of benzene rings is 1. The van der Waals surface area contributed by atoms with E-state index in [1.807, 2.05) is 0 Å². The highest BCUT2D eigenvalue weighted by Crippen LogP contribution is 2.15. The zero-order chi connectivity index (χ0) is 77.7. The normalized spacial score (nSPS) is 14.4. The van der Waals surface area contributed by atoms with Crippen molar-refractivity contribution in [3.63, 3.8) is 0 Å². The average molecular weight is 1470 g/mol. The standard InChI is InChI=1S/C59H93N19O23S/c1-26(2)19-35(73-48(91)27(3)68-49(92)30(61)21-41(62)80)53(96)77-39(24-46(88)89)57(100)71-33(13-15-43(82)83)51(94)74-36(20-28-9-11-29(79)12-10-28)54(97)78-40(25-102)58(101)72-34(14-16-44(84)85)52(95)76-38(23-45(86)87)56(99)70-32(7-4-5-17-60)50(93)75-37(22-42(63)81)55(98)69-31(47(64)90)8-6-18-67-59(65)66/h9-12,26-27,30-40,79,102H,4-8,13-25,60-61H2,1-3H3,(H2,62,80)(H2,63,81)(H2,64,90)(H,68,92)(H,69,98)(H,70,99)(H,71,100)(H,72,101)(H,73,91)(H,74,94)(H,75,93)(H,76,95)(H,77,96)(H,78,97)(H,82,83)(H,84,85)(H,86,87)(H,88,89)(H4,65,66,67)/t27-,30-,31-,32-,33-,34-,35-,36-,37-,38-,39-,40-/m0/s1. The number of hydrogen-bond donors (Lipinski definition) is 24. The number of nitrogens with zero attached hydrogens (tertiary/aromatic N) is 1. The minimum absolute atomic E-state index is 0.0117. The van der Waals surface area contributed by atoms with Gasteiger partial charge in [0.15, 0.2) is 5.96 Å². The number of carboxylic acid groups (broad SMARTS) is 4. The number of aromatic hydroxyl groups is 1. The molecule has 0 spiro atoms. The molecule has 0 fully saturated rings. The quantitative estimate of drug-likeness (QED) is 0.0125. The van der Waals surface area contributed by atoms with Gasteiger partial charge in [-0.2, -0.15) is 12.6 Å². The van der Waals surface area contributed by atoms with Crippen LogP contribution in [0.3, 0.4) is 0 Å². The van der Waals surface area contributed by atoms with Gasteiger partial charge in [0.25, 0.3) is 0 Å². The number of carbonyl (C=O) groups excluding carboxylic acids is 14. The van der Waals surface area contributed by atoms with Crippen molar-refractivity contribution in [2.24, 2.45) is 51.0 Å². The van der Waals surface area contributed by atoms with Crippen LogP contribution in [0.4, 0.5) is 0 Å². The number of thiol groups is 1. The van der Waals surface area contributed by atoms with Crippen LogP contribution < -0.4 is 98.6 Å². The van der Waals surface area contributed by atoms with Gasteiger partial charge in [-0.15, -0.1) is 0 Å². The predicted molar refractivity (Wildman–Crippen MR) is 358 cm³/mol. The van der Waals surface area contributed by atoms with Gasteiger partial charge >= 0.3 is 23.9 Å². The summed E-state index contributed by atoms with van der Waals surface area (Å²) < 4.78 is 0. The summed E-state index contributed by atoms with van der Waals surface area (Å²) >= 11 is 4.15. The average Bonchev–Trinajstić information content (AvgIpc) is 0.856. The molecule has 30 N–H and O–H groups in total. The Hall–Kier alpha value is -11.0. The van der Waals surface area contributed by atoms with Crippen molar-refractivity contribution in [3.05, 3.63) is 29.8 Å². The number of aliphatic imine (C=N–C) groups is 1. The first-order valence-corrected chi connectivity index (χ1v) is 32.3. The number of carboxylic acids is 4. The van der Waals surface area contributed by atoms with Crippen LogP contribution in [0.1, 0.15) is 116 Å². The van der Waals surface area contributed by atoms with Crippen molar-refractivity contribution in [3.8, 4) is 5.75 Å². The fourth-order valence-electron chi connectivity index (χ4n) is 9.22. The summed E-state index contributed by atoms with van der Waals surface area (Å²) in [6, 6.07) is -16.3. The molecular weight excluding hydrogens is 1370 g/mol. The van der Waals surface area contributed by atoms with E-state index in [1.54, 1.807) is 13.8 Å². The number of carbonyl (C=O) groups is 18. The molecular formula is C59H93N19O23S. The Bertz CT molecular complexity index is 3190. The van der Waals surface area contributed by atoms with E-state index in [9.17, 15) is 112 Å². The first-order valence-electron chi connectivity index (χ1n) is 31.7.